The van der Waals surface area contributed by atoms with Gasteiger partial charge in [-0.1, -0.05) is 35.9 Å². The number of aryl methyl sites for hydroxylation is 1. The number of halogens is 1. The Morgan fingerprint density at radius 1 is 1.09 bits per heavy atom. The maximum Gasteiger partial charge on any atom is 0.164 e. The Morgan fingerprint density at radius 3 is 2.55 bits per heavy atom. The van der Waals surface area contributed by atoms with Crippen LogP contribution in [0.2, 0.25) is 5.02 Å². The second-order valence-electron chi connectivity index (χ2n) is 7.88. The fourth-order valence-electron chi connectivity index (χ4n) is 3.81. The van der Waals surface area contributed by atoms with Crippen molar-refractivity contribution in [2.45, 2.75) is 42.1 Å². The van der Waals surface area contributed by atoms with E-state index in [0.717, 1.165) is 38.2 Å². The predicted molar refractivity (Wildman–Crippen MR) is 130 cm³/mol. The third-order valence-corrected chi connectivity index (χ3v) is 7.85. The van der Waals surface area contributed by atoms with E-state index in [1.54, 1.807) is 40.2 Å². The number of aromatic nitrogens is 3. The molecule has 1 aliphatic rings. The Balaban J connectivity index is 1.22. The molecule has 2 N–H and O–H groups in total. The van der Waals surface area contributed by atoms with E-state index >= 15 is 0 Å². The van der Waals surface area contributed by atoms with E-state index < -0.39 is 24.5 Å². The topological polar surface area (TPSA) is 80.4 Å². The van der Waals surface area contributed by atoms with E-state index in [-0.39, 0.29) is 0 Å². The number of thiazole rings is 1. The summed E-state index contributed by atoms with van der Waals surface area (Å²) in [5, 5.41) is 24.9. The lowest BCUT2D eigenvalue weighted by Gasteiger charge is -2.17. The lowest BCUT2D eigenvalue weighted by atomic mass is 10.0. The molecule has 0 saturated carbocycles. The maximum absolute atomic E-state index is 10.6. The number of nitrogens with zero attached hydrogens (tertiary/aromatic N) is 3. The van der Waals surface area contributed by atoms with E-state index in [1.165, 1.54) is 0 Å². The fraction of sp³-hybridized carbons (Fsp3) is 0.250. The van der Waals surface area contributed by atoms with E-state index in [1.807, 2.05) is 55.5 Å². The zero-order valence-corrected chi connectivity index (χ0v) is 20.1. The molecule has 0 unspecified atom stereocenters. The largest absolute Gasteiger partial charge is 0.387 e. The van der Waals surface area contributed by atoms with Gasteiger partial charge in [-0.15, -0.1) is 23.1 Å². The van der Waals surface area contributed by atoms with Gasteiger partial charge < -0.3 is 19.5 Å². The Bertz CT molecular complexity index is 1230. The maximum atomic E-state index is 10.6. The number of rotatable bonds is 6. The highest BCUT2D eigenvalue weighted by atomic mass is 35.5. The van der Waals surface area contributed by atoms with Crippen LogP contribution >= 0.6 is 34.7 Å². The number of imidazole rings is 1. The molecular weight excluding hydrogens is 478 g/mol. The number of hydrogen-bond donors (Lipinski definition) is 2. The van der Waals surface area contributed by atoms with Crippen LogP contribution in [0.15, 0.2) is 71.3 Å². The summed E-state index contributed by atoms with van der Waals surface area (Å²) in [4.78, 5) is 9.90. The van der Waals surface area contributed by atoms with Crippen molar-refractivity contribution in [1.82, 2.24) is 14.5 Å². The van der Waals surface area contributed by atoms with Gasteiger partial charge in [0.05, 0.1) is 12.0 Å². The number of ether oxygens (including phenoxy) is 1. The molecule has 0 spiro atoms. The fourth-order valence-corrected chi connectivity index (χ4v) is 5.66. The van der Waals surface area contributed by atoms with E-state index in [4.69, 9.17) is 21.3 Å². The van der Waals surface area contributed by atoms with Crippen LogP contribution in [0.4, 0.5) is 0 Å². The highest BCUT2D eigenvalue weighted by Gasteiger charge is 2.44. The van der Waals surface area contributed by atoms with Gasteiger partial charge in [0.15, 0.2) is 6.23 Å². The van der Waals surface area contributed by atoms with Gasteiger partial charge in [-0.05, 0) is 36.8 Å². The summed E-state index contributed by atoms with van der Waals surface area (Å²) in [5.74, 6) is 0.757. The van der Waals surface area contributed by atoms with Crippen molar-refractivity contribution in [3.8, 4) is 10.6 Å². The Kier molecular flexibility index (Phi) is 6.56. The third-order valence-electron chi connectivity index (χ3n) is 5.61. The Hall–Kier alpha value is -2.20. The molecule has 33 heavy (non-hydrogen) atoms. The molecule has 0 radical (unpaired) electrons. The molecular formula is C24H22ClN3O3S2. The highest BCUT2D eigenvalue weighted by Crippen LogP contribution is 2.39. The van der Waals surface area contributed by atoms with Gasteiger partial charge >= 0.3 is 0 Å². The van der Waals surface area contributed by atoms with Crippen molar-refractivity contribution in [2.75, 3.05) is 0 Å². The van der Waals surface area contributed by atoms with E-state index in [9.17, 15) is 10.2 Å². The summed E-state index contributed by atoms with van der Waals surface area (Å²) in [7, 11) is 0. The zero-order chi connectivity index (χ0) is 22.9. The van der Waals surface area contributed by atoms with Crippen molar-refractivity contribution in [3.05, 3.63) is 88.4 Å². The summed E-state index contributed by atoms with van der Waals surface area (Å²) < 4.78 is 7.76. The van der Waals surface area contributed by atoms with Crippen molar-refractivity contribution >= 4 is 34.7 Å². The van der Waals surface area contributed by atoms with Crippen LogP contribution < -0.4 is 0 Å². The summed E-state index contributed by atoms with van der Waals surface area (Å²) in [5.41, 5.74) is 3.77. The second kappa shape index (κ2) is 9.58. The molecule has 0 aliphatic carbocycles. The first-order valence-corrected chi connectivity index (χ1v) is 12.7. The van der Waals surface area contributed by atoms with Crippen LogP contribution in [0.1, 0.15) is 29.3 Å². The number of hydrogen-bond acceptors (Lipinski definition) is 7. The number of benzene rings is 2. The van der Waals surface area contributed by atoms with Crippen LogP contribution in [0.25, 0.3) is 10.6 Å². The molecule has 1 fully saturated rings. The van der Waals surface area contributed by atoms with Crippen LogP contribution in [0.5, 0.6) is 0 Å². The minimum Gasteiger partial charge on any atom is -0.387 e. The lowest BCUT2D eigenvalue weighted by Crippen LogP contribution is -2.29. The second-order valence-corrected chi connectivity index (χ2v) is 10.2. The molecule has 6 nitrogen and oxygen atoms in total. The van der Waals surface area contributed by atoms with Crippen LogP contribution in [0, 0.1) is 6.92 Å². The molecule has 1 aliphatic heterocycles. The molecule has 9 heteroatoms. The van der Waals surface area contributed by atoms with Gasteiger partial charge in [-0.3, -0.25) is 0 Å². The van der Waals surface area contributed by atoms with Gasteiger partial charge in [-0.25, -0.2) is 9.97 Å². The van der Waals surface area contributed by atoms with Crippen LogP contribution in [0.3, 0.4) is 0 Å². The van der Waals surface area contributed by atoms with E-state index in [0.29, 0.717) is 5.02 Å². The number of aliphatic hydroxyl groups excluding tert-OH is 2. The Labute approximate surface area is 204 Å². The van der Waals surface area contributed by atoms with Gasteiger partial charge in [0.1, 0.15) is 23.3 Å². The van der Waals surface area contributed by atoms with Crippen LogP contribution in [-0.2, 0) is 10.5 Å². The normalized spacial score (nSPS) is 22.7. The van der Waals surface area contributed by atoms with Crippen molar-refractivity contribution in [1.29, 1.82) is 0 Å². The average Bonchev–Trinajstić information content (AvgIpc) is 3.54. The quantitative estimate of drug-likeness (QED) is 0.352. The first-order valence-electron chi connectivity index (χ1n) is 10.4. The molecule has 2 aromatic carbocycles. The average molecular weight is 500 g/mol. The van der Waals surface area contributed by atoms with Gasteiger partial charge in [0.2, 0.25) is 0 Å². The summed E-state index contributed by atoms with van der Waals surface area (Å²) in [6.07, 6.45) is -0.0160. The van der Waals surface area contributed by atoms with Gasteiger partial charge in [0, 0.05) is 38.5 Å². The summed E-state index contributed by atoms with van der Waals surface area (Å²) in [6.45, 7) is 1.88. The first kappa shape index (κ1) is 22.6. The van der Waals surface area contributed by atoms with Crippen molar-refractivity contribution < 1.29 is 14.9 Å². The van der Waals surface area contributed by atoms with Crippen molar-refractivity contribution in [2.24, 2.45) is 0 Å². The molecule has 1 saturated heterocycles. The molecule has 170 valence electrons. The molecule has 5 rings (SSSR count). The molecule has 4 aromatic rings. The van der Waals surface area contributed by atoms with Crippen LogP contribution in [-0.4, -0.2) is 37.0 Å². The SMILES string of the molecule is Cc1cncn1[C@@H]1O[C@@H](c2ccc(SCc3csc(-c4ccc(Cl)cc4)n3)cc2)[C@H](O)[C@@H]1O. The van der Waals surface area contributed by atoms with Gasteiger partial charge in [-0.2, -0.15) is 0 Å². The van der Waals surface area contributed by atoms with E-state index in [2.05, 4.69) is 10.4 Å². The Morgan fingerprint density at radius 2 is 1.85 bits per heavy atom. The minimum absolute atomic E-state index is 0.605. The standard InChI is InChI=1S/C24H22ClN3O3S2/c1-14-10-26-13-28(14)24-21(30)20(29)22(31-24)15-4-8-19(9-5-15)32-11-18-12-33-23(27-18)16-2-6-17(25)7-3-16/h2-10,12-13,20-22,24,29-30H,11H2,1H3/t20-,21+,22+,24-/m1/s1. The van der Waals surface area contributed by atoms with Gasteiger partial charge in [0.25, 0.3) is 0 Å². The first-order chi connectivity index (χ1) is 16.0. The summed E-state index contributed by atoms with van der Waals surface area (Å²) >= 11 is 9.29. The number of thioether (sulfide) groups is 1. The lowest BCUT2D eigenvalue weighted by molar-refractivity contribution is -0.0390. The molecule has 4 atom stereocenters. The smallest absolute Gasteiger partial charge is 0.164 e. The summed E-state index contributed by atoms with van der Waals surface area (Å²) in [6, 6.07) is 15.6. The predicted octanol–water partition coefficient (Wildman–Crippen LogP) is 5.25. The third kappa shape index (κ3) is 4.73. The minimum atomic E-state index is -1.03. The monoisotopic (exact) mass is 499 g/mol. The molecule has 3 heterocycles. The zero-order valence-electron chi connectivity index (χ0n) is 17.7. The molecule has 2 aromatic heterocycles. The number of aliphatic hydroxyl groups is 2. The molecule has 0 bridgehead atoms. The highest BCUT2D eigenvalue weighted by molar-refractivity contribution is 7.98. The van der Waals surface area contributed by atoms with Crippen molar-refractivity contribution in [3.63, 3.8) is 0 Å². The molecule has 0 amide bonds.